The minimum Gasteiger partial charge on any atom is -0.494 e. The number of ether oxygens (including phenoxy) is 1. The Morgan fingerprint density at radius 2 is 2.11 bits per heavy atom. The van der Waals surface area contributed by atoms with Crippen molar-refractivity contribution >= 4 is 39.1 Å². The van der Waals surface area contributed by atoms with Gasteiger partial charge in [-0.3, -0.25) is 4.79 Å². The van der Waals surface area contributed by atoms with Crippen LogP contribution in [0.15, 0.2) is 35.0 Å². The van der Waals surface area contributed by atoms with Crippen molar-refractivity contribution in [2.24, 2.45) is 4.99 Å². The van der Waals surface area contributed by atoms with Crippen LogP contribution in [0.1, 0.15) is 12.5 Å². The van der Waals surface area contributed by atoms with Crippen molar-refractivity contribution in [1.82, 2.24) is 0 Å². The highest BCUT2D eigenvalue weighted by Crippen LogP contribution is 2.29. The van der Waals surface area contributed by atoms with Gasteiger partial charge in [0.05, 0.1) is 6.61 Å². The van der Waals surface area contributed by atoms with Gasteiger partial charge in [-0.25, -0.2) is 4.99 Å². The molecule has 1 aromatic carbocycles. The van der Waals surface area contributed by atoms with Gasteiger partial charge < -0.3 is 4.74 Å². The summed E-state index contributed by atoms with van der Waals surface area (Å²) < 4.78 is 6.17. The zero-order valence-electron chi connectivity index (χ0n) is 10.2. The zero-order chi connectivity index (χ0) is 13.0. The third-order valence-corrected chi connectivity index (χ3v) is 4.12. The number of thioether (sulfide) groups is 2. The van der Waals surface area contributed by atoms with E-state index in [4.69, 9.17) is 4.74 Å². The van der Waals surface area contributed by atoms with Gasteiger partial charge in [-0.1, -0.05) is 12.1 Å². The smallest absolute Gasteiger partial charge is 0.244 e. The number of hydrogen-bond donors (Lipinski definition) is 0. The molecule has 0 aliphatic carbocycles. The highest BCUT2D eigenvalue weighted by molar-refractivity contribution is 8.45. The van der Waals surface area contributed by atoms with Crippen LogP contribution in [0.4, 0.5) is 0 Å². The van der Waals surface area contributed by atoms with E-state index in [0.717, 1.165) is 15.7 Å². The Morgan fingerprint density at radius 1 is 1.39 bits per heavy atom. The molecule has 5 heteroatoms. The molecule has 0 fully saturated rings. The third kappa shape index (κ3) is 3.17. The van der Waals surface area contributed by atoms with E-state index in [1.807, 2.05) is 37.4 Å². The van der Waals surface area contributed by atoms with E-state index in [-0.39, 0.29) is 5.12 Å². The summed E-state index contributed by atoms with van der Waals surface area (Å²) in [7, 11) is 0. The molecule has 0 unspecified atom stereocenters. The van der Waals surface area contributed by atoms with Gasteiger partial charge in [0.2, 0.25) is 5.12 Å². The molecule has 1 aliphatic rings. The highest BCUT2D eigenvalue weighted by Gasteiger charge is 2.21. The topological polar surface area (TPSA) is 38.7 Å². The molecule has 94 valence electrons. The van der Waals surface area contributed by atoms with Crippen molar-refractivity contribution in [3.05, 3.63) is 35.5 Å². The lowest BCUT2D eigenvalue weighted by molar-refractivity contribution is -0.107. The standard InChI is InChI=1S/C13H13NO2S2/c1-3-16-10-6-4-9(5-7-10)8-11-12(15)18-13(14-11)17-2/h4-8H,3H2,1-2H3/b11-8-. The van der Waals surface area contributed by atoms with E-state index < -0.39 is 0 Å². The lowest BCUT2D eigenvalue weighted by atomic mass is 10.2. The van der Waals surface area contributed by atoms with Gasteiger partial charge in [0, 0.05) is 0 Å². The molecule has 1 heterocycles. The van der Waals surface area contributed by atoms with E-state index in [2.05, 4.69) is 4.99 Å². The largest absolute Gasteiger partial charge is 0.494 e. The van der Waals surface area contributed by atoms with Crippen LogP contribution in [0.2, 0.25) is 0 Å². The van der Waals surface area contributed by atoms with Crippen LogP contribution < -0.4 is 4.74 Å². The number of carbonyl (C=O) groups excluding carboxylic acids is 1. The fourth-order valence-electron chi connectivity index (χ4n) is 1.46. The molecule has 0 spiro atoms. The molecule has 0 saturated carbocycles. The molecule has 0 atom stereocenters. The molecule has 0 saturated heterocycles. The van der Waals surface area contributed by atoms with E-state index in [0.29, 0.717) is 12.3 Å². The van der Waals surface area contributed by atoms with Crippen molar-refractivity contribution < 1.29 is 9.53 Å². The Hall–Kier alpha value is -1.20. The molecule has 0 N–H and O–H groups in total. The predicted molar refractivity (Wildman–Crippen MR) is 79.1 cm³/mol. The Balaban J connectivity index is 2.17. The number of hydrogen-bond acceptors (Lipinski definition) is 5. The van der Waals surface area contributed by atoms with Crippen molar-refractivity contribution in [1.29, 1.82) is 0 Å². The number of nitrogens with zero attached hydrogens (tertiary/aromatic N) is 1. The van der Waals surface area contributed by atoms with Gasteiger partial charge in [-0.15, -0.1) is 11.8 Å². The molecular weight excluding hydrogens is 266 g/mol. The second kappa shape index (κ2) is 6.11. The third-order valence-electron chi connectivity index (χ3n) is 2.27. The molecule has 0 bridgehead atoms. The zero-order valence-corrected chi connectivity index (χ0v) is 11.8. The Morgan fingerprint density at radius 3 is 2.67 bits per heavy atom. The first kappa shape index (κ1) is 13.2. The second-order valence-electron chi connectivity index (χ2n) is 3.50. The van der Waals surface area contributed by atoms with Crippen LogP contribution >= 0.6 is 23.5 Å². The summed E-state index contributed by atoms with van der Waals surface area (Å²) in [4.78, 5) is 15.9. The number of rotatable bonds is 3. The van der Waals surface area contributed by atoms with Gasteiger partial charge >= 0.3 is 0 Å². The fourth-order valence-corrected chi connectivity index (χ4v) is 2.72. The predicted octanol–water partition coefficient (Wildman–Crippen LogP) is 3.42. The van der Waals surface area contributed by atoms with Crippen molar-refractivity contribution in [3.8, 4) is 5.75 Å². The molecule has 1 aliphatic heterocycles. The summed E-state index contributed by atoms with van der Waals surface area (Å²) >= 11 is 2.68. The van der Waals surface area contributed by atoms with Gasteiger partial charge in [-0.2, -0.15) is 0 Å². The molecule has 3 nitrogen and oxygen atoms in total. The monoisotopic (exact) mass is 279 g/mol. The summed E-state index contributed by atoms with van der Waals surface area (Å²) in [6.07, 6.45) is 3.72. The Kier molecular flexibility index (Phi) is 4.49. The van der Waals surface area contributed by atoms with Gasteiger partial charge in [0.25, 0.3) is 0 Å². The number of carbonyl (C=O) groups is 1. The van der Waals surface area contributed by atoms with E-state index in [9.17, 15) is 4.79 Å². The maximum atomic E-state index is 11.7. The van der Waals surface area contributed by atoms with Crippen LogP contribution in [0.25, 0.3) is 6.08 Å². The van der Waals surface area contributed by atoms with Crippen LogP contribution in [-0.4, -0.2) is 22.4 Å². The maximum Gasteiger partial charge on any atom is 0.244 e. The minimum atomic E-state index is 0.00762. The minimum absolute atomic E-state index is 0.00762. The second-order valence-corrected chi connectivity index (χ2v) is 5.52. The van der Waals surface area contributed by atoms with E-state index in [1.54, 1.807) is 6.08 Å². The summed E-state index contributed by atoms with van der Waals surface area (Å²) in [5.74, 6) is 0.833. The van der Waals surface area contributed by atoms with Gasteiger partial charge in [-0.05, 0) is 48.7 Å². The van der Waals surface area contributed by atoms with Crippen molar-refractivity contribution in [2.45, 2.75) is 6.92 Å². The average Bonchev–Trinajstić information content (AvgIpc) is 2.73. The maximum absolute atomic E-state index is 11.7. The first-order valence-corrected chi connectivity index (χ1v) is 7.56. The van der Waals surface area contributed by atoms with Gasteiger partial charge in [0.15, 0.2) is 0 Å². The van der Waals surface area contributed by atoms with Crippen LogP contribution in [0, 0.1) is 0 Å². The molecule has 18 heavy (non-hydrogen) atoms. The van der Waals surface area contributed by atoms with Crippen molar-refractivity contribution in [3.63, 3.8) is 0 Å². The molecule has 0 radical (unpaired) electrons. The Labute approximate surface area is 115 Å². The molecule has 2 rings (SSSR count). The molecule has 0 amide bonds. The first-order chi connectivity index (χ1) is 8.72. The summed E-state index contributed by atoms with van der Waals surface area (Å²) in [6.45, 7) is 2.60. The van der Waals surface area contributed by atoms with Crippen LogP contribution in [-0.2, 0) is 4.79 Å². The summed E-state index contributed by atoms with van der Waals surface area (Å²) in [5.41, 5.74) is 1.46. The summed E-state index contributed by atoms with van der Waals surface area (Å²) in [5, 5.41) is 0.00762. The van der Waals surface area contributed by atoms with Gasteiger partial charge in [0.1, 0.15) is 15.8 Å². The van der Waals surface area contributed by atoms with Crippen LogP contribution in [0.3, 0.4) is 0 Å². The normalized spacial score (nSPS) is 17.1. The van der Waals surface area contributed by atoms with E-state index >= 15 is 0 Å². The quantitative estimate of drug-likeness (QED) is 0.795. The fraction of sp³-hybridized carbons (Fsp3) is 0.231. The Bertz CT molecular complexity index is 506. The highest BCUT2D eigenvalue weighted by atomic mass is 32.2. The molecule has 1 aromatic rings. The molecular formula is C13H13NO2S2. The SMILES string of the molecule is CCOc1ccc(/C=C2\N=C(SC)SC2=O)cc1. The lowest BCUT2D eigenvalue weighted by Crippen LogP contribution is -1.91. The first-order valence-electron chi connectivity index (χ1n) is 5.52. The lowest BCUT2D eigenvalue weighted by Gasteiger charge is -2.02. The van der Waals surface area contributed by atoms with Crippen molar-refractivity contribution in [2.75, 3.05) is 12.9 Å². The number of benzene rings is 1. The number of aliphatic imine (C=N–C) groups is 1. The molecule has 0 aromatic heterocycles. The summed E-state index contributed by atoms with van der Waals surface area (Å²) in [6, 6.07) is 7.62. The van der Waals surface area contributed by atoms with Crippen LogP contribution in [0.5, 0.6) is 5.75 Å². The van der Waals surface area contributed by atoms with E-state index in [1.165, 1.54) is 23.5 Å². The average molecular weight is 279 g/mol.